The summed E-state index contributed by atoms with van der Waals surface area (Å²) in [5.74, 6) is 0.138. The third kappa shape index (κ3) is 4.35. The first-order chi connectivity index (χ1) is 14.4. The van der Waals surface area contributed by atoms with Crippen molar-refractivity contribution in [1.82, 2.24) is 10.3 Å². The largest absolute Gasteiger partial charge is 0.436 e. The smallest absolute Gasteiger partial charge is 0.257 e. The quantitative estimate of drug-likeness (QED) is 0.392. The van der Waals surface area contributed by atoms with Gasteiger partial charge in [-0.15, -0.1) is 0 Å². The van der Waals surface area contributed by atoms with Gasteiger partial charge in [-0.05, 0) is 74.1 Å². The highest BCUT2D eigenvalue weighted by atomic mass is 35.5. The summed E-state index contributed by atoms with van der Waals surface area (Å²) < 4.78 is 5.88. The van der Waals surface area contributed by atoms with E-state index in [0.717, 1.165) is 16.6 Å². The van der Waals surface area contributed by atoms with Crippen LogP contribution in [0.2, 0.25) is 5.02 Å². The summed E-state index contributed by atoms with van der Waals surface area (Å²) in [6.45, 7) is 3.92. The second-order valence-electron chi connectivity index (χ2n) is 6.96. The third-order valence-electron chi connectivity index (χ3n) is 4.51. The number of hydrogen-bond acceptors (Lipinski definition) is 4. The molecule has 5 nitrogen and oxygen atoms in total. The second kappa shape index (κ2) is 8.26. The average Bonchev–Trinajstić information content (AvgIpc) is 3.12. The minimum absolute atomic E-state index is 0.183. The van der Waals surface area contributed by atoms with Gasteiger partial charge >= 0.3 is 0 Å². The van der Waals surface area contributed by atoms with E-state index in [1.807, 2.05) is 44.2 Å². The van der Waals surface area contributed by atoms with Crippen LogP contribution in [0.25, 0.3) is 22.6 Å². The Morgan fingerprint density at radius 2 is 1.83 bits per heavy atom. The van der Waals surface area contributed by atoms with Crippen molar-refractivity contribution in [2.45, 2.75) is 13.8 Å². The van der Waals surface area contributed by atoms with Crippen LogP contribution in [-0.2, 0) is 0 Å². The number of carbonyl (C=O) groups is 1. The maximum absolute atomic E-state index is 12.4. The lowest BCUT2D eigenvalue weighted by molar-refractivity contribution is 0.0977. The van der Waals surface area contributed by atoms with Crippen molar-refractivity contribution in [2.75, 3.05) is 5.32 Å². The fraction of sp³-hybridized carbons (Fsp3) is 0.0870. The molecule has 4 aromatic rings. The van der Waals surface area contributed by atoms with Gasteiger partial charge in [-0.25, -0.2) is 4.98 Å². The molecule has 0 atom stereocenters. The highest BCUT2D eigenvalue weighted by molar-refractivity contribution is 7.80. The Balaban J connectivity index is 1.54. The number of nitrogens with zero attached hydrogens (tertiary/aromatic N) is 1. The molecule has 0 saturated carbocycles. The van der Waals surface area contributed by atoms with Crippen molar-refractivity contribution in [1.29, 1.82) is 0 Å². The van der Waals surface area contributed by atoms with Crippen LogP contribution in [0.1, 0.15) is 21.5 Å². The van der Waals surface area contributed by atoms with Gasteiger partial charge in [0.2, 0.25) is 5.89 Å². The summed E-state index contributed by atoms with van der Waals surface area (Å²) in [6.07, 6.45) is 0. The van der Waals surface area contributed by atoms with Gasteiger partial charge in [0, 0.05) is 11.3 Å². The highest BCUT2D eigenvalue weighted by Crippen LogP contribution is 2.32. The molecule has 3 aromatic carbocycles. The third-order valence-corrected chi connectivity index (χ3v) is 5.04. The van der Waals surface area contributed by atoms with Crippen LogP contribution in [0.5, 0.6) is 0 Å². The van der Waals surface area contributed by atoms with Crippen LogP contribution >= 0.6 is 23.8 Å². The van der Waals surface area contributed by atoms with Gasteiger partial charge < -0.3 is 9.73 Å². The lowest BCUT2D eigenvalue weighted by Crippen LogP contribution is -2.34. The first-order valence-electron chi connectivity index (χ1n) is 9.25. The fourth-order valence-corrected chi connectivity index (χ4v) is 3.45. The molecule has 0 unspecified atom stereocenters. The van der Waals surface area contributed by atoms with Gasteiger partial charge in [0.25, 0.3) is 5.91 Å². The summed E-state index contributed by atoms with van der Waals surface area (Å²) in [4.78, 5) is 16.9. The minimum Gasteiger partial charge on any atom is -0.436 e. The van der Waals surface area contributed by atoms with Crippen LogP contribution in [-0.4, -0.2) is 16.0 Å². The molecule has 0 aliphatic rings. The molecule has 1 aromatic heterocycles. The highest BCUT2D eigenvalue weighted by Gasteiger charge is 2.14. The average molecular weight is 436 g/mol. The molecule has 4 rings (SSSR count). The molecular formula is C23H18ClN3O2S. The normalized spacial score (nSPS) is 10.8. The molecule has 150 valence electrons. The van der Waals surface area contributed by atoms with Crippen LogP contribution in [0.3, 0.4) is 0 Å². The van der Waals surface area contributed by atoms with Gasteiger partial charge in [-0.1, -0.05) is 35.4 Å². The summed E-state index contributed by atoms with van der Waals surface area (Å²) in [6, 6.07) is 18.4. The minimum atomic E-state index is -0.278. The number of rotatable bonds is 3. The monoisotopic (exact) mass is 435 g/mol. The van der Waals surface area contributed by atoms with Crippen molar-refractivity contribution >= 4 is 51.6 Å². The Morgan fingerprint density at radius 3 is 2.63 bits per heavy atom. The predicted molar refractivity (Wildman–Crippen MR) is 124 cm³/mol. The van der Waals surface area contributed by atoms with Crippen molar-refractivity contribution in [2.24, 2.45) is 0 Å². The number of aryl methyl sites for hydroxylation is 2. The number of amides is 1. The van der Waals surface area contributed by atoms with E-state index in [1.54, 1.807) is 30.3 Å². The molecule has 2 N–H and O–H groups in total. The Labute approximate surface area is 184 Å². The zero-order valence-corrected chi connectivity index (χ0v) is 17.9. The van der Waals surface area contributed by atoms with E-state index in [0.29, 0.717) is 33.3 Å². The predicted octanol–water partition coefficient (Wildman–Crippen LogP) is 5.89. The van der Waals surface area contributed by atoms with Gasteiger partial charge in [-0.3, -0.25) is 10.1 Å². The molecule has 7 heteroatoms. The Hall–Kier alpha value is -3.22. The first-order valence-corrected chi connectivity index (χ1v) is 10.0. The summed E-state index contributed by atoms with van der Waals surface area (Å²) in [7, 11) is 0. The Kier molecular flexibility index (Phi) is 5.53. The van der Waals surface area contributed by atoms with Gasteiger partial charge in [0.05, 0.1) is 10.6 Å². The number of carbonyl (C=O) groups excluding carboxylic acids is 1. The van der Waals surface area contributed by atoms with E-state index < -0.39 is 0 Å². The summed E-state index contributed by atoms with van der Waals surface area (Å²) in [5.41, 5.74) is 5.36. The van der Waals surface area contributed by atoms with E-state index in [1.165, 1.54) is 0 Å². The summed E-state index contributed by atoms with van der Waals surface area (Å²) in [5, 5.41) is 6.37. The standard InChI is InChI=1S/C23H18ClN3O2S/c1-13-4-3-5-15(10-13)21(28)27-23(30)25-16-7-8-18(24)17(12-16)22-26-19-9-6-14(2)11-20(19)29-22/h3-12H,1-2H3,(H2,25,27,28,30). The molecule has 0 aliphatic carbocycles. The molecule has 1 heterocycles. The number of halogens is 1. The molecular weight excluding hydrogens is 418 g/mol. The number of thiocarbonyl (C=S) groups is 1. The van der Waals surface area contributed by atoms with Crippen LogP contribution in [0.4, 0.5) is 5.69 Å². The topological polar surface area (TPSA) is 67.2 Å². The number of oxazole rings is 1. The van der Waals surface area contributed by atoms with Crippen molar-refractivity contribution in [3.63, 3.8) is 0 Å². The SMILES string of the molecule is Cc1cccc(C(=O)NC(=S)Nc2ccc(Cl)c(-c3nc4ccc(C)cc4o3)c2)c1. The first kappa shape index (κ1) is 20.1. The molecule has 0 fully saturated rings. The number of hydrogen-bond donors (Lipinski definition) is 2. The van der Waals surface area contributed by atoms with Crippen LogP contribution in [0.15, 0.2) is 65.1 Å². The number of aromatic nitrogens is 1. The number of anilines is 1. The van der Waals surface area contributed by atoms with Crippen LogP contribution in [0, 0.1) is 13.8 Å². The number of nitrogens with one attached hydrogen (secondary N) is 2. The molecule has 30 heavy (non-hydrogen) atoms. The summed E-state index contributed by atoms with van der Waals surface area (Å²) >= 11 is 11.7. The van der Waals surface area contributed by atoms with Crippen molar-refractivity contribution in [3.05, 3.63) is 82.4 Å². The van der Waals surface area contributed by atoms with Gasteiger partial charge in [-0.2, -0.15) is 0 Å². The molecule has 0 radical (unpaired) electrons. The van der Waals surface area contributed by atoms with E-state index in [9.17, 15) is 4.79 Å². The number of benzene rings is 3. The molecule has 0 spiro atoms. The van der Waals surface area contributed by atoms with Crippen molar-refractivity contribution in [3.8, 4) is 11.5 Å². The zero-order valence-electron chi connectivity index (χ0n) is 16.3. The zero-order chi connectivity index (χ0) is 21.3. The van der Waals surface area contributed by atoms with Crippen molar-refractivity contribution < 1.29 is 9.21 Å². The van der Waals surface area contributed by atoms with E-state index >= 15 is 0 Å². The second-order valence-corrected chi connectivity index (χ2v) is 7.78. The molecule has 0 saturated heterocycles. The van der Waals surface area contributed by atoms with Gasteiger partial charge in [0.1, 0.15) is 5.52 Å². The maximum atomic E-state index is 12.4. The van der Waals surface area contributed by atoms with E-state index in [-0.39, 0.29) is 11.0 Å². The van der Waals surface area contributed by atoms with E-state index in [4.69, 9.17) is 28.2 Å². The Bertz CT molecular complexity index is 1280. The lowest BCUT2D eigenvalue weighted by Gasteiger charge is -2.11. The molecule has 0 bridgehead atoms. The van der Waals surface area contributed by atoms with E-state index in [2.05, 4.69) is 15.6 Å². The molecule has 1 amide bonds. The Morgan fingerprint density at radius 1 is 1.03 bits per heavy atom. The fourth-order valence-electron chi connectivity index (χ4n) is 3.04. The maximum Gasteiger partial charge on any atom is 0.257 e. The lowest BCUT2D eigenvalue weighted by atomic mass is 10.1. The van der Waals surface area contributed by atoms with Gasteiger partial charge in [0.15, 0.2) is 10.7 Å². The molecule has 0 aliphatic heterocycles. The number of fused-ring (bicyclic) bond motifs is 1. The van der Waals surface area contributed by atoms with Crippen LogP contribution < -0.4 is 10.6 Å².